The Morgan fingerprint density at radius 3 is 2.42 bits per heavy atom. The molecule has 4 rings (SSSR count). The normalized spacial score (nSPS) is 18.0. The number of nitrogens with zero attached hydrogens (tertiary/aromatic N) is 3. The fourth-order valence-electron chi connectivity index (χ4n) is 3.71. The Morgan fingerprint density at radius 2 is 1.77 bits per heavy atom. The van der Waals surface area contributed by atoms with Crippen molar-refractivity contribution in [2.45, 2.75) is 19.0 Å². The van der Waals surface area contributed by atoms with Crippen LogP contribution >= 0.6 is 38.5 Å². The number of likely N-dealkylation sites (tertiary alicyclic amines) is 1. The van der Waals surface area contributed by atoms with Crippen LogP contribution in [0.5, 0.6) is 0 Å². The van der Waals surface area contributed by atoms with Gasteiger partial charge in [-0.3, -0.25) is 9.59 Å². The number of hydrogen-bond donors (Lipinski definition) is 1. The fraction of sp³-hybridized carbons (Fsp3) is 0.174. The molecular weight excluding hydrogens is 573 g/mol. The van der Waals surface area contributed by atoms with E-state index >= 15 is 0 Å². The number of benzene rings is 2. The monoisotopic (exact) mass is 591 g/mol. The van der Waals surface area contributed by atoms with Crippen molar-refractivity contribution in [2.75, 3.05) is 6.54 Å². The largest absolute Gasteiger partial charge is 0.507 e. The van der Waals surface area contributed by atoms with Crippen molar-refractivity contribution in [1.82, 2.24) is 14.5 Å². The van der Waals surface area contributed by atoms with Crippen molar-refractivity contribution in [1.29, 1.82) is 0 Å². The second-order valence-electron chi connectivity index (χ2n) is 7.20. The molecule has 0 saturated carbocycles. The first-order valence-electron chi connectivity index (χ1n) is 9.71. The molecular formula is C23H19BrIN3O3. The van der Waals surface area contributed by atoms with Crippen LogP contribution in [-0.2, 0) is 16.1 Å². The Balaban J connectivity index is 1.72. The van der Waals surface area contributed by atoms with Gasteiger partial charge < -0.3 is 14.6 Å². The number of ketones is 1. The van der Waals surface area contributed by atoms with Gasteiger partial charge in [-0.15, -0.1) is 0 Å². The number of aryl methyl sites for hydroxylation is 1. The van der Waals surface area contributed by atoms with Gasteiger partial charge in [-0.05, 0) is 58.8 Å². The maximum Gasteiger partial charge on any atom is 0.295 e. The molecule has 1 N–H and O–H groups in total. The molecule has 3 aromatic rings. The van der Waals surface area contributed by atoms with E-state index in [0.29, 0.717) is 25.1 Å². The molecule has 2 heterocycles. The number of hydrogen-bond acceptors (Lipinski definition) is 4. The lowest BCUT2D eigenvalue weighted by molar-refractivity contribution is -0.139. The van der Waals surface area contributed by atoms with E-state index in [1.165, 1.54) is 0 Å². The highest BCUT2D eigenvalue weighted by Gasteiger charge is 2.45. The van der Waals surface area contributed by atoms with E-state index in [1.807, 2.05) is 47.2 Å². The standard InChI is InChI=1S/C23H19BrIN3O3/c24-17-6-2-15(3-7-17)20-19(21(29)16-4-8-18(25)9-5-16)22(30)23(31)28(20)12-1-11-27-13-10-26-14-27/h2-10,13-14,20,29H,1,11-12H2/b21-19-. The number of Topliss-reactive ketones (excluding diaryl/α,β-unsaturated/α-hetero) is 1. The van der Waals surface area contributed by atoms with Crippen LogP contribution in [0.4, 0.5) is 0 Å². The lowest BCUT2D eigenvalue weighted by atomic mass is 9.95. The summed E-state index contributed by atoms with van der Waals surface area (Å²) in [4.78, 5) is 31.5. The SMILES string of the molecule is O=C1C(=O)N(CCCn2ccnc2)C(c2ccc(Br)cc2)/C1=C(/O)c1ccc(I)cc1. The molecule has 0 bridgehead atoms. The second kappa shape index (κ2) is 9.35. The van der Waals surface area contributed by atoms with Gasteiger partial charge in [0.05, 0.1) is 17.9 Å². The van der Waals surface area contributed by atoms with Crippen LogP contribution in [0.2, 0.25) is 0 Å². The van der Waals surface area contributed by atoms with Crippen molar-refractivity contribution in [2.24, 2.45) is 0 Å². The van der Waals surface area contributed by atoms with Crippen molar-refractivity contribution in [3.05, 3.63) is 92.0 Å². The van der Waals surface area contributed by atoms with Crippen molar-refractivity contribution >= 4 is 56.0 Å². The van der Waals surface area contributed by atoms with Crippen LogP contribution in [0.3, 0.4) is 0 Å². The zero-order chi connectivity index (χ0) is 22.0. The third kappa shape index (κ3) is 4.59. The highest BCUT2D eigenvalue weighted by molar-refractivity contribution is 14.1. The van der Waals surface area contributed by atoms with Crippen LogP contribution in [0.25, 0.3) is 5.76 Å². The van der Waals surface area contributed by atoms with Gasteiger partial charge in [-0.2, -0.15) is 0 Å². The third-order valence-electron chi connectivity index (χ3n) is 5.22. The molecule has 0 spiro atoms. The number of aliphatic hydroxyl groups is 1. The van der Waals surface area contributed by atoms with E-state index in [9.17, 15) is 14.7 Å². The zero-order valence-electron chi connectivity index (χ0n) is 16.4. The first-order chi connectivity index (χ1) is 15.0. The van der Waals surface area contributed by atoms with Crippen molar-refractivity contribution in [3.8, 4) is 0 Å². The Morgan fingerprint density at radius 1 is 1.06 bits per heavy atom. The van der Waals surface area contributed by atoms with Crippen molar-refractivity contribution in [3.63, 3.8) is 0 Å². The highest BCUT2D eigenvalue weighted by Crippen LogP contribution is 2.39. The minimum atomic E-state index is -0.661. The van der Waals surface area contributed by atoms with Gasteiger partial charge in [-0.25, -0.2) is 4.98 Å². The lowest BCUT2D eigenvalue weighted by Gasteiger charge is -2.25. The first-order valence-corrected chi connectivity index (χ1v) is 11.6. The van der Waals surface area contributed by atoms with E-state index in [-0.39, 0.29) is 11.3 Å². The van der Waals surface area contributed by atoms with E-state index < -0.39 is 17.7 Å². The number of carbonyl (C=O) groups excluding carboxylic acids is 2. The Bertz CT molecular complexity index is 1130. The topological polar surface area (TPSA) is 75.4 Å². The number of rotatable bonds is 6. The van der Waals surface area contributed by atoms with Gasteiger partial charge in [-0.1, -0.05) is 40.2 Å². The molecule has 1 aliphatic rings. The molecule has 1 amide bonds. The molecule has 6 nitrogen and oxygen atoms in total. The van der Waals surface area contributed by atoms with Crippen LogP contribution in [0, 0.1) is 3.57 Å². The average molecular weight is 592 g/mol. The smallest absolute Gasteiger partial charge is 0.295 e. The molecule has 158 valence electrons. The van der Waals surface area contributed by atoms with Gasteiger partial charge in [0.15, 0.2) is 0 Å². The minimum Gasteiger partial charge on any atom is -0.507 e. The van der Waals surface area contributed by atoms with Gasteiger partial charge in [0.1, 0.15) is 5.76 Å². The molecule has 1 fully saturated rings. The molecule has 0 radical (unpaired) electrons. The van der Waals surface area contributed by atoms with Crippen LogP contribution < -0.4 is 0 Å². The second-order valence-corrected chi connectivity index (χ2v) is 9.37. The van der Waals surface area contributed by atoms with Gasteiger partial charge >= 0.3 is 0 Å². The molecule has 1 saturated heterocycles. The molecule has 31 heavy (non-hydrogen) atoms. The van der Waals surface area contributed by atoms with E-state index in [1.54, 1.807) is 29.6 Å². The maximum atomic E-state index is 13.0. The first kappa shape index (κ1) is 21.8. The Hall–Kier alpha value is -2.46. The highest BCUT2D eigenvalue weighted by atomic mass is 127. The molecule has 1 aliphatic heterocycles. The summed E-state index contributed by atoms with van der Waals surface area (Å²) in [6.07, 6.45) is 5.93. The molecule has 1 aromatic heterocycles. The summed E-state index contributed by atoms with van der Waals surface area (Å²) < 4.78 is 3.83. The number of imidazole rings is 1. The van der Waals surface area contributed by atoms with Crippen LogP contribution in [0.15, 0.2) is 77.3 Å². The van der Waals surface area contributed by atoms with Crippen molar-refractivity contribution < 1.29 is 14.7 Å². The summed E-state index contributed by atoms with van der Waals surface area (Å²) in [5.74, 6) is -1.41. The minimum absolute atomic E-state index is 0.121. The lowest BCUT2D eigenvalue weighted by Crippen LogP contribution is -2.31. The summed E-state index contributed by atoms with van der Waals surface area (Å²) in [5.41, 5.74) is 1.41. The van der Waals surface area contributed by atoms with E-state index in [0.717, 1.165) is 13.6 Å². The summed E-state index contributed by atoms with van der Waals surface area (Å²) in [7, 11) is 0. The predicted molar refractivity (Wildman–Crippen MR) is 129 cm³/mol. The number of amides is 1. The number of carbonyl (C=O) groups is 2. The molecule has 1 unspecified atom stereocenters. The Labute approximate surface area is 201 Å². The third-order valence-corrected chi connectivity index (χ3v) is 6.47. The summed E-state index contributed by atoms with van der Waals surface area (Å²) in [6.45, 7) is 1.06. The number of halogens is 2. The van der Waals surface area contributed by atoms with E-state index in [4.69, 9.17) is 0 Å². The molecule has 1 atom stereocenters. The van der Waals surface area contributed by atoms with Crippen LogP contribution in [-0.4, -0.2) is 37.8 Å². The summed E-state index contributed by atoms with van der Waals surface area (Å²) in [5, 5.41) is 11.0. The van der Waals surface area contributed by atoms with Gasteiger partial charge in [0.25, 0.3) is 11.7 Å². The Kier molecular flexibility index (Phi) is 6.57. The van der Waals surface area contributed by atoms with Gasteiger partial charge in [0, 0.05) is 39.1 Å². The molecule has 2 aromatic carbocycles. The number of aromatic nitrogens is 2. The maximum absolute atomic E-state index is 13.0. The van der Waals surface area contributed by atoms with E-state index in [2.05, 4.69) is 43.5 Å². The summed E-state index contributed by atoms with van der Waals surface area (Å²) >= 11 is 5.60. The average Bonchev–Trinajstić information content (AvgIpc) is 3.37. The van der Waals surface area contributed by atoms with Crippen LogP contribution in [0.1, 0.15) is 23.6 Å². The summed E-state index contributed by atoms with van der Waals surface area (Å²) in [6, 6.07) is 14.0. The predicted octanol–water partition coefficient (Wildman–Crippen LogP) is 4.76. The zero-order valence-corrected chi connectivity index (χ0v) is 20.2. The molecule has 8 heteroatoms. The fourth-order valence-corrected chi connectivity index (χ4v) is 4.33. The quantitative estimate of drug-likeness (QED) is 0.194. The molecule has 0 aliphatic carbocycles. The number of aliphatic hydroxyl groups excluding tert-OH is 1. The van der Waals surface area contributed by atoms with Gasteiger partial charge in [0.2, 0.25) is 0 Å².